The Balaban J connectivity index is 1.77. The molecule has 2 nitrogen and oxygen atoms in total. The highest BCUT2D eigenvalue weighted by atomic mass is 15.2. The summed E-state index contributed by atoms with van der Waals surface area (Å²) in [5, 5.41) is 0. The Kier molecular flexibility index (Phi) is 4.66. The molecule has 2 unspecified atom stereocenters. The lowest BCUT2D eigenvalue weighted by atomic mass is 10.0. The van der Waals surface area contributed by atoms with E-state index in [-0.39, 0.29) is 6.04 Å². The van der Waals surface area contributed by atoms with Gasteiger partial charge in [-0.1, -0.05) is 51.0 Å². The molecule has 2 aliphatic rings. The average molecular weight is 286 g/mol. The van der Waals surface area contributed by atoms with E-state index in [2.05, 4.69) is 43.0 Å². The summed E-state index contributed by atoms with van der Waals surface area (Å²) in [5.74, 6) is 0.772. The Labute approximate surface area is 129 Å². The van der Waals surface area contributed by atoms with Gasteiger partial charge in [0, 0.05) is 18.1 Å². The Morgan fingerprint density at radius 3 is 2.57 bits per heavy atom. The van der Waals surface area contributed by atoms with Crippen molar-refractivity contribution in [3.8, 4) is 0 Å². The summed E-state index contributed by atoms with van der Waals surface area (Å²) in [6, 6.07) is 10.3. The predicted molar refractivity (Wildman–Crippen MR) is 89.3 cm³/mol. The summed E-state index contributed by atoms with van der Waals surface area (Å²) in [6.45, 7) is 5.88. The largest absolute Gasteiger partial charge is 0.323 e. The molecule has 0 spiro atoms. The summed E-state index contributed by atoms with van der Waals surface area (Å²) >= 11 is 0. The Hall–Kier alpha value is -0.860. The van der Waals surface area contributed by atoms with Crippen molar-refractivity contribution in [2.24, 2.45) is 11.7 Å². The first-order chi connectivity index (χ1) is 10.2. The van der Waals surface area contributed by atoms with E-state index in [1.807, 2.05) is 0 Å². The first-order valence-electron chi connectivity index (χ1n) is 8.76. The Bertz CT molecular complexity index is 462. The Morgan fingerprint density at radius 1 is 1.19 bits per heavy atom. The molecule has 1 aromatic rings. The van der Waals surface area contributed by atoms with Crippen molar-refractivity contribution in [3.63, 3.8) is 0 Å². The molecule has 2 heteroatoms. The van der Waals surface area contributed by atoms with E-state index in [0.717, 1.165) is 18.4 Å². The van der Waals surface area contributed by atoms with Crippen LogP contribution in [0.4, 0.5) is 0 Å². The molecule has 0 aliphatic heterocycles. The molecule has 2 aliphatic carbocycles. The summed E-state index contributed by atoms with van der Waals surface area (Å²) in [5.41, 5.74) is 9.48. The van der Waals surface area contributed by atoms with Crippen molar-refractivity contribution in [2.75, 3.05) is 6.54 Å². The van der Waals surface area contributed by atoms with Crippen molar-refractivity contribution in [1.82, 2.24) is 4.90 Å². The average Bonchev–Trinajstić information content (AvgIpc) is 3.09. The van der Waals surface area contributed by atoms with Crippen molar-refractivity contribution < 1.29 is 0 Å². The maximum atomic E-state index is 6.62. The standard InChI is InChI=1S/C19H30N2/c1-14(2)11-12-21(16-8-4-5-9-16)18-13-15-7-3-6-10-17(15)19(18)20/h3,6-7,10,14,16,18-19H,4-5,8-9,11-13,20H2,1-2H3. The van der Waals surface area contributed by atoms with E-state index >= 15 is 0 Å². The maximum absolute atomic E-state index is 6.62. The molecule has 1 fully saturated rings. The predicted octanol–water partition coefficient (Wildman–Crippen LogP) is 3.90. The fourth-order valence-electron chi connectivity index (χ4n) is 4.19. The molecule has 0 aromatic heterocycles. The van der Waals surface area contributed by atoms with Crippen LogP contribution in [-0.2, 0) is 6.42 Å². The van der Waals surface area contributed by atoms with Gasteiger partial charge in [-0.05, 0) is 49.3 Å². The molecule has 3 rings (SSSR count). The molecule has 0 amide bonds. The Morgan fingerprint density at radius 2 is 1.90 bits per heavy atom. The van der Waals surface area contributed by atoms with E-state index in [0.29, 0.717) is 6.04 Å². The summed E-state index contributed by atoms with van der Waals surface area (Å²) in [6.07, 6.45) is 7.98. The quantitative estimate of drug-likeness (QED) is 0.889. The first kappa shape index (κ1) is 15.1. The fraction of sp³-hybridized carbons (Fsp3) is 0.684. The monoisotopic (exact) mass is 286 g/mol. The van der Waals surface area contributed by atoms with E-state index in [4.69, 9.17) is 5.73 Å². The molecular weight excluding hydrogens is 256 g/mol. The molecule has 0 heterocycles. The first-order valence-corrected chi connectivity index (χ1v) is 8.76. The van der Waals surface area contributed by atoms with Crippen LogP contribution in [0.15, 0.2) is 24.3 Å². The van der Waals surface area contributed by atoms with Gasteiger partial charge in [-0.15, -0.1) is 0 Å². The third-order valence-electron chi connectivity index (χ3n) is 5.44. The second-order valence-electron chi connectivity index (χ2n) is 7.35. The second kappa shape index (κ2) is 6.50. The number of hydrogen-bond acceptors (Lipinski definition) is 2. The van der Waals surface area contributed by atoms with Gasteiger partial charge in [0.15, 0.2) is 0 Å². The second-order valence-corrected chi connectivity index (χ2v) is 7.35. The lowest BCUT2D eigenvalue weighted by Crippen LogP contribution is -2.47. The zero-order valence-corrected chi connectivity index (χ0v) is 13.6. The minimum Gasteiger partial charge on any atom is -0.323 e. The van der Waals surface area contributed by atoms with Gasteiger partial charge in [-0.3, -0.25) is 4.90 Å². The molecule has 0 bridgehead atoms. The molecule has 1 saturated carbocycles. The van der Waals surface area contributed by atoms with Gasteiger partial charge in [0.2, 0.25) is 0 Å². The molecular formula is C19H30N2. The van der Waals surface area contributed by atoms with Gasteiger partial charge in [0.1, 0.15) is 0 Å². The van der Waals surface area contributed by atoms with Gasteiger partial charge in [0.25, 0.3) is 0 Å². The molecule has 21 heavy (non-hydrogen) atoms. The topological polar surface area (TPSA) is 29.3 Å². The zero-order valence-electron chi connectivity index (χ0n) is 13.6. The van der Waals surface area contributed by atoms with E-state index in [1.54, 1.807) is 0 Å². The fourth-order valence-corrected chi connectivity index (χ4v) is 4.19. The van der Waals surface area contributed by atoms with Crippen LogP contribution in [0.25, 0.3) is 0 Å². The van der Waals surface area contributed by atoms with E-state index in [1.165, 1.54) is 49.8 Å². The minimum absolute atomic E-state index is 0.203. The van der Waals surface area contributed by atoms with Crippen LogP contribution in [0.2, 0.25) is 0 Å². The lowest BCUT2D eigenvalue weighted by molar-refractivity contribution is 0.116. The third-order valence-corrected chi connectivity index (χ3v) is 5.44. The maximum Gasteiger partial charge on any atom is 0.0459 e. The summed E-state index contributed by atoms with van der Waals surface area (Å²) in [4.78, 5) is 2.78. The minimum atomic E-state index is 0.203. The van der Waals surface area contributed by atoms with E-state index < -0.39 is 0 Å². The van der Waals surface area contributed by atoms with Crippen LogP contribution in [0.5, 0.6) is 0 Å². The van der Waals surface area contributed by atoms with Crippen LogP contribution >= 0.6 is 0 Å². The van der Waals surface area contributed by atoms with Crippen LogP contribution < -0.4 is 5.73 Å². The number of nitrogens with zero attached hydrogens (tertiary/aromatic N) is 1. The van der Waals surface area contributed by atoms with Crippen LogP contribution in [-0.4, -0.2) is 23.5 Å². The third kappa shape index (κ3) is 3.17. The highest BCUT2D eigenvalue weighted by Gasteiger charge is 2.37. The molecule has 2 atom stereocenters. The van der Waals surface area contributed by atoms with E-state index in [9.17, 15) is 0 Å². The van der Waals surface area contributed by atoms with Crippen LogP contribution in [0.1, 0.15) is 63.1 Å². The number of benzene rings is 1. The summed E-state index contributed by atoms with van der Waals surface area (Å²) < 4.78 is 0. The van der Waals surface area contributed by atoms with Crippen molar-refractivity contribution in [1.29, 1.82) is 0 Å². The number of fused-ring (bicyclic) bond motifs is 1. The molecule has 0 saturated heterocycles. The van der Waals surface area contributed by atoms with Gasteiger partial charge < -0.3 is 5.73 Å². The van der Waals surface area contributed by atoms with Crippen LogP contribution in [0.3, 0.4) is 0 Å². The van der Waals surface area contributed by atoms with Crippen LogP contribution in [0, 0.1) is 5.92 Å². The highest BCUT2D eigenvalue weighted by Crippen LogP contribution is 2.36. The molecule has 116 valence electrons. The van der Waals surface area contributed by atoms with Gasteiger partial charge in [-0.25, -0.2) is 0 Å². The normalized spacial score (nSPS) is 26.0. The van der Waals surface area contributed by atoms with Crippen molar-refractivity contribution in [2.45, 2.75) is 70.5 Å². The lowest BCUT2D eigenvalue weighted by Gasteiger charge is -2.37. The van der Waals surface area contributed by atoms with Crippen molar-refractivity contribution in [3.05, 3.63) is 35.4 Å². The number of hydrogen-bond donors (Lipinski definition) is 1. The van der Waals surface area contributed by atoms with Gasteiger partial charge >= 0.3 is 0 Å². The molecule has 1 aromatic carbocycles. The molecule has 0 radical (unpaired) electrons. The summed E-state index contributed by atoms with van der Waals surface area (Å²) in [7, 11) is 0. The zero-order chi connectivity index (χ0) is 14.8. The van der Waals surface area contributed by atoms with Gasteiger partial charge in [0.05, 0.1) is 0 Å². The SMILES string of the molecule is CC(C)CCN(C1CCCC1)C1Cc2ccccc2C1N. The number of rotatable bonds is 5. The van der Waals surface area contributed by atoms with Gasteiger partial charge in [-0.2, -0.15) is 0 Å². The number of nitrogens with two attached hydrogens (primary N) is 1. The van der Waals surface area contributed by atoms with Crippen molar-refractivity contribution >= 4 is 0 Å². The molecule has 2 N–H and O–H groups in total. The highest BCUT2D eigenvalue weighted by molar-refractivity contribution is 5.37. The smallest absolute Gasteiger partial charge is 0.0459 e.